The maximum absolute atomic E-state index is 12.9. The van der Waals surface area contributed by atoms with Crippen molar-refractivity contribution in [2.45, 2.75) is 31.9 Å². The van der Waals surface area contributed by atoms with E-state index in [9.17, 15) is 14.4 Å². The molecule has 7 nitrogen and oxygen atoms in total. The van der Waals surface area contributed by atoms with Crippen LogP contribution in [0.5, 0.6) is 0 Å². The van der Waals surface area contributed by atoms with Crippen molar-refractivity contribution >= 4 is 22.7 Å². The molecule has 1 aromatic heterocycles. The Morgan fingerprint density at radius 3 is 2.57 bits per heavy atom. The lowest BCUT2D eigenvalue weighted by Crippen LogP contribution is -2.42. The molecule has 28 heavy (non-hydrogen) atoms. The topological polar surface area (TPSA) is 71.9 Å². The second-order valence-electron chi connectivity index (χ2n) is 7.38. The van der Waals surface area contributed by atoms with Crippen LogP contribution < -0.4 is 5.56 Å². The highest BCUT2D eigenvalue weighted by Crippen LogP contribution is 2.16. The van der Waals surface area contributed by atoms with Gasteiger partial charge in [-0.25, -0.2) is 0 Å². The molecule has 4 rings (SSSR count). The highest BCUT2D eigenvalue weighted by molar-refractivity contribution is 5.83. The van der Waals surface area contributed by atoms with Crippen LogP contribution in [0.4, 0.5) is 0 Å². The van der Waals surface area contributed by atoms with E-state index in [-0.39, 0.29) is 30.0 Å². The van der Waals surface area contributed by atoms with Gasteiger partial charge >= 0.3 is 0 Å². The van der Waals surface area contributed by atoms with Gasteiger partial charge in [0, 0.05) is 38.9 Å². The van der Waals surface area contributed by atoms with Crippen LogP contribution in [0, 0.1) is 0 Å². The number of rotatable bonds is 3. The minimum atomic E-state index is -0.323. The van der Waals surface area contributed by atoms with Gasteiger partial charge in [0.2, 0.25) is 5.91 Å². The van der Waals surface area contributed by atoms with E-state index < -0.39 is 0 Å². The molecule has 2 aliphatic rings. The van der Waals surface area contributed by atoms with Gasteiger partial charge in [-0.3, -0.25) is 19.0 Å². The summed E-state index contributed by atoms with van der Waals surface area (Å²) in [6.45, 7) is 2.88. The van der Waals surface area contributed by atoms with Crippen LogP contribution >= 0.6 is 0 Å². The van der Waals surface area contributed by atoms with Gasteiger partial charge < -0.3 is 14.5 Å². The molecule has 0 bridgehead atoms. The lowest BCUT2D eigenvalue weighted by Gasteiger charge is -2.24. The van der Waals surface area contributed by atoms with Crippen LogP contribution in [0.2, 0.25) is 0 Å². The van der Waals surface area contributed by atoms with Crippen molar-refractivity contribution < 1.29 is 14.3 Å². The van der Waals surface area contributed by atoms with Gasteiger partial charge in [0.1, 0.15) is 12.6 Å². The molecule has 0 aliphatic carbocycles. The molecule has 3 heterocycles. The number of aromatic nitrogens is 1. The van der Waals surface area contributed by atoms with Crippen molar-refractivity contribution in [3.05, 3.63) is 46.8 Å². The average molecular weight is 383 g/mol. The summed E-state index contributed by atoms with van der Waals surface area (Å²) in [5.74, 6) is -0.0538. The summed E-state index contributed by atoms with van der Waals surface area (Å²) < 4.78 is 7.03. The van der Waals surface area contributed by atoms with Crippen molar-refractivity contribution in [2.24, 2.45) is 0 Å². The summed E-state index contributed by atoms with van der Waals surface area (Å²) in [7, 11) is 0. The minimum absolute atomic E-state index is 0.0138. The largest absolute Gasteiger partial charge is 0.368 e. The quantitative estimate of drug-likeness (QED) is 0.800. The van der Waals surface area contributed by atoms with Crippen LogP contribution in [0.3, 0.4) is 0 Å². The SMILES string of the molecule is O=C(Cn1c(=O)ccc2ccccc21)N1CCCN(C(=O)[C@H]2CCCO2)CC1. The van der Waals surface area contributed by atoms with Gasteiger partial charge in [-0.15, -0.1) is 0 Å². The highest BCUT2D eigenvalue weighted by Gasteiger charge is 2.30. The smallest absolute Gasteiger partial charge is 0.251 e. The molecule has 0 N–H and O–H groups in total. The number of amides is 2. The minimum Gasteiger partial charge on any atom is -0.368 e. The van der Waals surface area contributed by atoms with E-state index in [1.807, 2.05) is 29.2 Å². The first-order chi connectivity index (χ1) is 13.6. The van der Waals surface area contributed by atoms with Gasteiger partial charge in [0.05, 0.1) is 5.52 Å². The molecule has 0 radical (unpaired) electrons. The Labute approximate surface area is 163 Å². The molecule has 2 saturated heterocycles. The number of carbonyl (C=O) groups is 2. The molecule has 2 aromatic rings. The molecule has 1 atom stereocenters. The Morgan fingerprint density at radius 2 is 1.75 bits per heavy atom. The molecule has 7 heteroatoms. The summed E-state index contributed by atoms with van der Waals surface area (Å²) in [4.78, 5) is 41.4. The lowest BCUT2D eigenvalue weighted by molar-refractivity contribution is -0.141. The van der Waals surface area contributed by atoms with Crippen LogP contribution in [0.15, 0.2) is 41.2 Å². The fourth-order valence-corrected chi connectivity index (χ4v) is 4.01. The fourth-order valence-electron chi connectivity index (χ4n) is 4.01. The summed E-state index contributed by atoms with van der Waals surface area (Å²) in [5.41, 5.74) is 0.574. The predicted molar refractivity (Wildman–Crippen MR) is 105 cm³/mol. The maximum Gasteiger partial charge on any atom is 0.251 e. The number of nitrogens with zero attached hydrogens (tertiary/aromatic N) is 3. The molecule has 2 amide bonds. The van der Waals surface area contributed by atoms with Crippen molar-refractivity contribution in [2.75, 3.05) is 32.8 Å². The van der Waals surface area contributed by atoms with E-state index in [1.165, 1.54) is 10.6 Å². The third-order valence-electron chi connectivity index (χ3n) is 5.56. The Balaban J connectivity index is 1.44. The van der Waals surface area contributed by atoms with Gasteiger partial charge in [-0.05, 0) is 36.8 Å². The number of fused-ring (bicyclic) bond motifs is 1. The van der Waals surface area contributed by atoms with E-state index >= 15 is 0 Å². The van der Waals surface area contributed by atoms with Gasteiger partial charge in [-0.2, -0.15) is 0 Å². The summed E-state index contributed by atoms with van der Waals surface area (Å²) in [6.07, 6.45) is 2.11. The van der Waals surface area contributed by atoms with Crippen molar-refractivity contribution in [1.29, 1.82) is 0 Å². The molecule has 1 aromatic carbocycles. The molecule has 2 fully saturated rings. The zero-order valence-corrected chi connectivity index (χ0v) is 15.9. The number of hydrogen-bond acceptors (Lipinski definition) is 4. The van der Waals surface area contributed by atoms with Crippen LogP contribution in [-0.4, -0.2) is 65.1 Å². The van der Waals surface area contributed by atoms with Gasteiger partial charge in [0.15, 0.2) is 0 Å². The molecule has 148 valence electrons. The molecule has 0 spiro atoms. The normalized spacial score (nSPS) is 20.4. The first-order valence-corrected chi connectivity index (χ1v) is 9.90. The van der Waals surface area contributed by atoms with Crippen molar-refractivity contribution in [3.63, 3.8) is 0 Å². The fraction of sp³-hybridized carbons (Fsp3) is 0.476. The van der Waals surface area contributed by atoms with Crippen LogP contribution in [-0.2, 0) is 20.9 Å². The number of para-hydroxylation sites is 1. The summed E-state index contributed by atoms with van der Waals surface area (Å²) in [5, 5.41) is 0.930. The average Bonchev–Trinajstić information content (AvgIpc) is 3.14. The third-order valence-corrected chi connectivity index (χ3v) is 5.56. The molecule has 0 unspecified atom stereocenters. The Hall–Kier alpha value is -2.67. The monoisotopic (exact) mass is 383 g/mol. The van der Waals surface area contributed by atoms with Crippen molar-refractivity contribution in [3.8, 4) is 0 Å². The summed E-state index contributed by atoms with van der Waals surface area (Å²) in [6, 6.07) is 10.8. The maximum atomic E-state index is 12.9. The molecular weight excluding hydrogens is 358 g/mol. The zero-order valence-electron chi connectivity index (χ0n) is 15.9. The first-order valence-electron chi connectivity index (χ1n) is 9.90. The molecular formula is C21H25N3O4. The number of pyridine rings is 1. The molecule has 2 aliphatic heterocycles. The Bertz CT molecular complexity index is 933. The lowest BCUT2D eigenvalue weighted by atomic mass is 10.2. The number of benzene rings is 1. The third kappa shape index (κ3) is 3.80. The first kappa shape index (κ1) is 18.7. The van der Waals surface area contributed by atoms with E-state index in [1.54, 1.807) is 11.0 Å². The van der Waals surface area contributed by atoms with Crippen molar-refractivity contribution in [1.82, 2.24) is 14.4 Å². The Morgan fingerprint density at radius 1 is 0.964 bits per heavy atom. The number of hydrogen-bond donors (Lipinski definition) is 0. The van der Waals surface area contributed by atoms with Crippen LogP contribution in [0.25, 0.3) is 10.9 Å². The zero-order chi connectivity index (χ0) is 19.5. The van der Waals surface area contributed by atoms with E-state index in [0.29, 0.717) is 32.8 Å². The van der Waals surface area contributed by atoms with E-state index in [4.69, 9.17) is 4.74 Å². The molecule has 0 saturated carbocycles. The second kappa shape index (κ2) is 8.14. The summed E-state index contributed by atoms with van der Waals surface area (Å²) >= 11 is 0. The van der Waals surface area contributed by atoms with Crippen LogP contribution in [0.1, 0.15) is 19.3 Å². The van der Waals surface area contributed by atoms with Gasteiger partial charge in [0.25, 0.3) is 11.5 Å². The van der Waals surface area contributed by atoms with E-state index in [2.05, 4.69) is 0 Å². The Kier molecular flexibility index (Phi) is 5.43. The standard InChI is InChI=1S/C21H25N3O4/c25-19-9-8-16-5-1-2-6-17(16)24(19)15-20(26)22-10-4-11-23(13-12-22)21(27)18-7-3-14-28-18/h1-2,5-6,8-9,18H,3-4,7,10-15H2/t18-/m1/s1. The van der Waals surface area contributed by atoms with E-state index in [0.717, 1.165) is 30.2 Å². The number of ether oxygens (including phenoxy) is 1. The van der Waals surface area contributed by atoms with Gasteiger partial charge in [-0.1, -0.05) is 18.2 Å². The highest BCUT2D eigenvalue weighted by atomic mass is 16.5. The predicted octanol–water partition coefficient (Wildman–Crippen LogP) is 1.24. The second-order valence-corrected chi connectivity index (χ2v) is 7.38. The number of carbonyl (C=O) groups excluding carboxylic acids is 2.